The van der Waals surface area contributed by atoms with Crippen LogP contribution in [0.2, 0.25) is 0 Å². The van der Waals surface area contributed by atoms with Gasteiger partial charge in [0, 0.05) is 6.20 Å². The summed E-state index contributed by atoms with van der Waals surface area (Å²) in [5.74, 6) is -3.37. The molecule has 0 saturated carbocycles. The quantitative estimate of drug-likeness (QED) is 0.939. The fourth-order valence-corrected chi connectivity index (χ4v) is 1.70. The molecule has 1 amide bonds. The van der Waals surface area contributed by atoms with Gasteiger partial charge in [-0.3, -0.25) is 9.78 Å². The Morgan fingerprint density at radius 1 is 1.15 bits per heavy atom. The van der Waals surface area contributed by atoms with Crippen LogP contribution in [0.25, 0.3) is 0 Å². The minimum absolute atomic E-state index is 0.158. The third kappa shape index (κ3) is 2.96. The van der Waals surface area contributed by atoms with Gasteiger partial charge in [-0.05, 0) is 30.7 Å². The molecule has 6 heteroatoms. The number of pyridine rings is 1. The Kier molecular flexibility index (Phi) is 4.02. The number of nitrogens with one attached hydrogen (secondary N) is 1. The lowest BCUT2D eigenvalue weighted by molar-refractivity contribution is 0.0935. The van der Waals surface area contributed by atoms with Crippen molar-refractivity contribution in [1.82, 2.24) is 10.3 Å². The summed E-state index contributed by atoms with van der Waals surface area (Å²) < 4.78 is 39.3. The number of halogens is 3. The van der Waals surface area contributed by atoms with Crippen molar-refractivity contribution < 1.29 is 18.0 Å². The monoisotopic (exact) mass is 280 g/mol. The van der Waals surface area contributed by atoms with Crippen LogP contribution in [0.1, 0.15) is 28.9 Å². The largest absolute Gasteiger partial charge is 0.345 e. The molecule has 0 radical (unpaired) electrons. The summed E-state index contributed by atoms with van der Waals surface area (Å²) in [7, 11) is 0. The second-order valence-corrected chi connectivity index (χ2v) is 4.22. The second-order valence-electron chi connectivity index (χ2n) is 4.22. The first-order chi connectivity index (χ1) is 9.49. The van der Waals surface area contributed by atoms with Gasteiger partial charge >= 0.3 is 0 Å². The van der Waals surface area contributed by atoms with E-state index < -0.39 is 29.4 Å². The molecule has 0 bridgehead atoms. The van der Waals surface area contributed by atoms with Crippen LogP contribution in [0.3, 0.4) is 0 Å². The van der Waals surface area contributed by atoms with Crippen molar-refractivity contribution >= 4 is 5.91 Å². The number of aromatic nitrogens is 1. The summed E-state index contributed by atoms with van der Waals surface area (Å²) in [6, 6.07) is 3.96. The maximum absolute atomic E-state index is 13.4. The van der Waals surface area contributed by atoms with Crippen LogP contribution < -0.4 is 5.32 Å². The van der Waals surface area contributed by atoms with Crippen LogP contribution in [0.15, 0.2) is 36.7 Å². The number of carbonyl (C=O) groups is 1. The molecule has 1 unspecified atom stereocenters. The molecule has 1 heterocycles. The van der Waals surface area contributed by atoms with Crippen molar-refractivity contribution in [1.29, 1.82) is 0 Å². The van der Waals surface area contributed by atoms with E-state index in [4.69, 9.17) is 0 Å². The van der Waals surface area contributed by atoms with Gasteiger partial charge in [0.1, 0.15) is 0 Å². The van der Waals surface area contributed by atoms with Crippen molar-refractivity contribution in [3.8, 4) is 0 Å². The first kappa shape index (κ1) is 14.0. The summed E-state index contributed by atoms with van der Waals surface area (Å²) in [6.07, 6.45) is 2.22. The lowest BCUT2D eigenvalue weighted by Gasteiger charge is -2.14. The highest BCUT2D eigenvalue weighted by molar-refractivity contribution is 5.94. The highest BCUT2D eigenvalue weighted by Gasteiger charge is 2.16. The van der Waals surface area contributed by atoms with Gasteiger partial charge in [0.05, 0.1) is 17.8 Å². The molecule has 2 aromatic rings. The minimum atomic E-state index is -1.00. The van der Waals surface area contributed by atoms with Crippen LogP contribution in [-0.4, -0.2) is 10.9 Å². The Bertz CT molecular complexity index is 646. The Labute approximate surface area is 113 Å². The topological polar surface area (TPSA) is 42.0 Å². The van der Waals surface area contributed by atoms with Crippen LogP contribution >= 0.6 is 0 Å². The summed E-state index contributed by atoms with van der Waals surface area (Å²) in [6.45, 7) is 1.59. The summed E-state index contributed by atoms with van der Waals surface area (Å²) in [4.78, 5) is 15.4. The zero-order valence-corrected chi connectivity index (χ0v) is 10.5. The lowest BCUT2D eigenvalue weighted by Crippen LogP contribution is -2.27. The molecule has 104 valence electrons. The Hall–Kier alpha value is -2.37. The minimum Gasteiger partial charge on any atom is -0.345 e. The summed E-state index contributed by atoms with van der Waals surface area (Å²) in [5, 5.41) is 2.50. The van der Waals surface area contributed by atoms with Crippen molar-refractivity contribution in [2.75, 3.05) is 0 Å². The van der Waals surface area contributed by atoms with Gasteiger partial charge in [-0.15, -0.1) is 0 Å². The van der Waals surface area contributed by atoms with Crippen LogP contribution in [0.5, 0.6) is 0 Å². The maximum Gasteiger partial charge on any atom is 0.254 e. The van der Waals surface area contributed by atoms with Crippen LogP contribution in [0, 0.1) is 17.5 Å². The third-order valence-corrected chi connectivity index (χ3v) is 2.81. The fraction of sp³-hybridized carbons (Fsp3) is 0.143. The highest BCUT2D eigenvalue weighted by Crippen LogP contribution is 2.17. The lowest BCUT2D eigenvalue weighted by atomic mass is 10.1. The molecule has 0 saturated heterocycles. The van der Waals surface area contributed by atoms with Gasteiger partial charge in [-0.2, -0.15) is 0 Å². The van der Waals surface area contributed by atoms with E-state index in [1.165, 1.54) is 18.3 Å². The SMILES string of the molecule is CC(NC(=O)c1ccncc1F)c1ccc(F)c(F)c1. The molecular weight excluding hydrogens is 269 g/mol. The molecule has 1 N–H and O–H groups in total. The predicted octanol–water partition coefficient (Wildman–Crippen LogP) is 2.99. The number of hydrogen-bond donors (Lipinski definition) is 1. The van der Waals surface area contributed by atoms with Crippen molar-refractivity contribution in [2.45, 2.75) is 13.0 Å². The number of carbonyl (C=O) groups excluding carboxylic acids is 1. The van der Waals surface area contributed by atoms with E-state index in [1.54, 1.807) is 6.92 Å². The average Bonchev–Trinajstić information content (AvgIpc) is 2.42. The standard InChI is InChI=1S/C14H11F3N2O/c1-8(9-2-3-11(15)12(16)6-9)19-14(20)10-4-5-18-7-13(10)17/h2-8H,1H3,(H,19,20). The Morgan fingerprint density at radius 3 is 2.55 bits per heavy atom. The maximum atomic E-state index is 13.4. The number of rotatable bonds is 3. The van der Waals surface area contributed by atoms with Crippen molar-refractivity contribution in [3.63, 3.8) is 0 Å². The molecule has 0 spiro atoms. The zero-order chi connectivity index (χ0) is 14.7. The van der Waals surface area contributed by atoms with Crippen molar-refractivity contribution in [2.24, 2.45) is 0 Å². The zero-order valence-electron chi connectivity index (χ0n) is 10.5. The predicted molar refractivity (Wildman–Crippen MR) is 66.4 cm³/mol. The fourth-order valence-electron chi connectivity index (χ4n) is 1.70. The summed E-state index contributed by atoms with van der Waals surface area (Å²) in [5.41, 5.74) is 0.223. The van der Waals surface area contributed by atoms with E-state index in [9.17, 15) is 18.0 Å². The number of amides is 1. The van der Waals surface area contributed by atoms with E-state index in [0.29, 0.717) is 5.56 Å². The molecule has 1 aromatic carbocycles. The Morgan fingerprint density at radius 2 is 1.90 bits per heavy atom. The van der Waals surface area contributed by atoms with E-state index >= 15 is 0 Å². The molecule has 0 aliphatic carbocycles. The van der Waals surface area contributed by atoms with Crippen LogP contribution in [0.4, 0.5) is 13.2 Å². The van der Waals surface area contributed by atoms with Gasteiger partial charge in [-0.25, -0.2) is 13.2 Å². The molecule has 2 rings (SSSR count). The van der Waals surface area contributed by atoms with E-state index in [2.05, 4.69) is 10.3 Å². The number of nitrogens with zero attached hydrogens (tertiary/aromatic N) is 1. The molecule has 1 aromatic heterocycles. The molecule has 0 aliphatic rings. The molecular formula is C14H11F3N2O. The molecule has 0 fully saturated rings. The second kappa shape index (κ2) is 5.73. The van der Waals surface area contributed by atoms with E-state index in [0.717, 1.165) is 18.3 Å². The molecule has 1 atom stereocenters. The third-order valence-electron chi connectivity index (χ3n) is 2.81. The van der Waals surface area contributed by atoms with Gasteiger partial charge in [-0.1, -0.05) is 6.07 Å². The first-order valence-electron chi connectivity index (χ1n) is 5.84. The van der Waals surface area contributed by atoms with Crippen molar-refractivity contribution in [3.05, 3.63) is 65.2 Å². The van der Waals surface area contributed by atoms with Crippen LogP contribution in [-0.2, 0) is 0 Å². The van der Waals surface area contributed by atoms with E-state index in [-0.39, 0.29) is 5.56 Å². The molecule has 20 heavy (non-hydrogen) atoms. The highest BCUT2D eigenvalue weighted by atomic mass is 19.2. The first-order valence-corrected chi connectivity index (χ1v) is 5.84. The van der Waals surface area contributed by atoms with E-state index in [1.807, 2.05) is 0 Å². The molecule has 0 aliphatic heterocycles. The van der Waals surface area contributed by atoms with Gasteiger partial charge in [0.15, 0.2) is 17.5 Å². The Balaban J connectivity index is 2.15. The van der Waals surface area contributed by atoms with Gasteiger partial charge in [0.2, 0.25) is 0 Å². The normalized spacial score (nSPS) is 12.0. The smallest absolute Gasteiger partial charge is 0.254 e. The molecule has 3 nitrogen and oxygen atoms in total. The van der Waals surface area contributed by atoms with Gasteiger partial charge < -0.3 is 5.32 Å². The average molecular weight is 280 g/mol. The number of benzene rings is 1. The number of hydrogen-bond acceptors (Lipinski definition) is 2. The van der Waals surface area contributed by atoms with Gasteiger partial charge in [0.25, 0.3) is 5.91 Å². The summed E-state index contributed by atoms with van der Waals surface area (Å²) >= 11 is 0.